The van der Waals surface area contributed by atoms with E-state index in [1.165, 1.54) is 6.07 Å². The lowest BCUT2D eigenvalue weighted by atomic mass is 10.1. The van der Waals surface area contributed by atoms with Crippen molar-refractivity contribution in [2.75, 3.05) is 7.11 Å². The number of methoxy groups -OCH3 is 1. The zero-order valence-corrected chi connectivity index (χ0v) is 12.6. The Balaban J connectivity index is 2.01. The molecule has 22 heavy (non-hydrogen) atoms. The van der Waals surface area contributed by atoms with Crippen LogP contribution in [-0.2, 0) is 6.54 Å². The largest absolute Gasteiger partial charge is 0.496 e. The van der Waals surface area contributed by atoms with Crippen molar-refractivity contribution in [1.29, 1.82) is 0 Å². The Morgan fingerprint density at radius 1 is 1.09 bits per heavy atom. The number of benzene rings is 2. The van der Waals surface area contributed by atoms with Crippen molar-refractivity contribution in [2.24, 2.45) is 0 Å². The summed E-state index contributed by atoms with van der Waals surface area (Å²) in [6, 6.07) is 14.4. The van der Waals surface area contributed by atoms with Crippen molar-refractivity contribution >= 4 is 0 Å². The molecule has 1 N–H and O–H groups in total. The molecule has 0 aromatic heterocycles. The zero-order chi connectivity index (χ0) is 15.9. The summed E-state index contributed by atoms with van der Waals surface area (Å²) in [6.45, 7) is -0.228. The van der Waals surface area contributed by atoms with Crippen molar-refractivity contribution in [3.63, 3.8) is 0 Å². The molecule has 0 heterocycles. The highest BCUT2D eigenvalue weighted by molar-refractivity contribution is 5.34. The summed E-state index contributed by atoms with van der Waals surface area (Å²) in [5.41, 5.74) is 1.92. The van der Waals surface area contributed by atoms with Gasteiger partial charge in [0.2, 0.25) is 0 Å². The summed E-state index contributed by atoms with van der Waals surface area (Å²) in [5, 5.41) is 3.35. The molecule has 1 atom stereocenters. The predicted octanol–water partition coefficient (Wildman–Crippen LogP) is 4.15. The van der Waals surface area contributed by atoms with E-state index in [1.54, 1.807) is 19.2 Å². The van der Waals surface area contributed by atoms with E-state index >= 15 is 0 Å². The number of para-hydroxylation sites is 1. The van der Waals surface area contributed by atoms with E-state index in [9.17, 15) is 8.78 Å². The van der Waals surface area contributed by atoms with Gasteiger partial charge < -0.3 is 14.8 Å². The fourth-order valence-electron chi connectivity index (χ4n) is 2.19. The molecule has 0 amide bonds. The molecule has 118 valence electrons. The fraction of sp³-hybridized carbons (Fsp3) is 0.294. The average Bonchev–Trinajstić information content (AvgIpc) is 2.52. The minimum absolute atomic E-state index is 0.00821. The van der Waals surface area contributed by atoms with Gasteiger partial charge in [0.1, 0.15) is 11.5 Å². The maximum Gasteiger partial charge on any atom is 0.387 e. The average molecular weight is 307 g/mol. The van der Waals surface area contributed by atoms with E-state index in [0.717, 1.165) is 16.9 Å². The quantitative estimate of drug-likeness (QED) is 0.833. The van der Waals surface area contributed by atoms with Crippen LogP contribution < -0.4 is 14.8 Å². The second-order valence-electron chi connectivity index (χ2n) is 4.87. The van der Waals surface area contributed by atoms with Crippen LogP contribution in [0.1, 0.15) is 24.1 Å². The number of alkyl halides is 2. The first-order valence-corrected chi connectivity index (χ1v) is 7.00. The van der Waals surface area contributed by atoms with Crippen LogP contribution in [0.3, 0.4) is 0 Å². The van der Waals surface area contributed by atoms with Crippen molar-refractivity contribution in [1.82, 2.24) is 5.32 Å². The molecule has 2 rings (SSSR count). The summed E-state index contributed by atoms with van der Waals surface area (Å²) < 4.78 is 34.2. The zero-order valence-electron chi connectivity index (χ0n) is 12.6. The second-order valence-corrected chi connectivity index (χ2v) is 4.87. The Labute approximate surface area is 128 Å². The summed E-state index contributed by atoms with van der Waals surface area (Å²) in [5.74, 6) is 0.982. The van der Waals surface area contributed by atoms with Crippen molar-refractivity contribution < 1.29 is 18.3 Å². The second kappa shape index (κ2) is 7.75. The van der Waals surface area contributed by atoms with Crippen molar-refractivity contribution in [2.45, 2.75) is 26.1 Å². The lowest BCUT2D eigenvalue weighted by Crippen LogP contribution is -2.18. The van der Waals surface area contributed by atoms with E-state index in [1.807, 2.05) is 37.3 Å². The van der Waals surface area contributed by atoms with Crippen LogP contribution >= 0.6 is 0 Å². The van der Waals surface area contributed by atoms with E-state index in [2.05, 4.69) is 10.1 Å². The molecule has 0 aliphatic carbocycles. The van der Waals surface area contributed by atoms with Gasteiger partial charge in [-0.2, -0.15) is 8.78 Å². The van der Waals surface area contributed by atoms with Crippen molar-refractivity contribution in [3.8, 4) is 11.5 Å². The molecule has 0 bridgehead atoms. The molecule has 1 unspecified atom stereocenters. The van der Waals surface area contributed by atoms with E-state index in [0.29, 0.717) is 6.54 Å². The lowest BCUT2D eigenvalue weighted by Gasteiger charge is -2.16. The Hall–Kier alpha value is -2.14. The van der Waals surface area contributed by atoms with Crippen molar-refractivity contribution in [3.05, 3.63) is 59.7 Å². The number of hydrogen-bond donors (Lipinski definition) is 1. The third-order valence-corrected chi connectivity index (χ3v) is 3.37. The molecule has 0 aliphatic rings. The molecule has 2 aromatic rings. The van der Waals surface area contributed by atoms with Crippen LogP contribution in [0.25, 0.3) is 0 Å². The Morgan fingerprint density at radius 3 is 2.59 bits per heavy atom. The van der Waals surface area contributed by atoms with Gasteiger partial charge in [0.15, 0.2) is 0 Å². The molecular formula is C17H19F2NO2. The number of halogens is 2. The third kappa shape index (κ3) is 4.43. The Morgan fingerprint density at radius 2 is 1.86 bits per heavy atom. The maximum atomic E-state index is 12.3. The van der Waals surface area contributed by atoms with Crippen LogP contribution in [0.5, 0.6) is 11.5 Å². The van der Waals surface area contributed by atoms with Gasteiger partial charge in [0, 0.05) is 18.2 Å². The van der Waals surface area contributed by atoms with Gasteiger partial charge in [0.25, 0.3) is 0 Å². The third-order valence-electron chi connectivity index (χ3n) is 3.37. The van der Waals surface area contributed by atoms with Crippen LogP contribution in [-0.4, -0.2) is 13.7 Å². The molecule has 0 spiro atoms. The van der Waals surface area contributed by atoms with Crippen LogP contribution in [0.4, 0.5) is 8.78 Å². The maximum absolute atomic E-state index is 12.3. The lowest BCUT2D eigenvalue weighted by molar-refractivity contribution is -0.0499. The highest BCUT2D eigenvalue weighted by Crippen LogP contribution is 2.22. The molecule has 0 aliphatic heterocycles. The molecule has 0 saturated carbocycles. The van der Waals surface area contributed by atoms with Gasteiger partial charge in [-0.15, -0.1) is 0 Å². The van der Waals surface area contributed by atoms with Gasteiger partial charge in [-0.1, -0.05) is 30.3 Å². The fourth-order valence-corrected chi connectivity index (χ4v) is 2.19. The number of nitrogens with one attached hydrogen (secondary N) is 1. The summed E-state index contributed by atoms with van der Waals surface area (Å²) in [7, 11) is 1.63. The van der Waals surface area contributed by atoms with E-state index < -0.39 is 6.61 Å². The Bertz CT molecular complexity index is 605. The van der Waals surface area contributed by atoms with Crippen LogP contribution in [0.2, 0.25) is 0 Å². The normalized spacial score (nSPS) is 12.2. The van der Waals surface area contributed by atoms with Gasteiger partial charge in [-0.25, -0.2) is 0 Å². The van der Waals surface area contributed by atoms with Gasteiger partial charge >= 0.3 is 6.61 Å². The standard InChI is InChI=1S/C17H19F2NO2/c1-12(13-7-5-8-15(10-13)22-17(18)19)20-11-14-6-3-4-9-16(14)21-2/h3-10,12,17,20H,11H2,1-2H3. The molecule has 3 nitrogen and oxygen atoms in total. The monoisotopic (exact) mass is 307 g/mol. The smallest absolute Gasteiger partial charge is 0.387 e. The molecule has 0 fully saturated rings. The van der Waals surface area contributed by atoms with Crippen LogP contribution in [0.15, 0.2) is 48.5 Å². The first-order valence-electron chi connectivity index (χ1n) is 7.00. The van der Waals surface area contributed by atoms with Gasteiger partial charge in [0.05, 0.1) is 7.11 Å². The minimum Gasteiger partial charge on any atom is -0.496 e. The first-order chi connectivity index (χ1) is 10.6. The number of ether oxygens (including phenoxy) is 2. The van der Waals surface area contributed by atoms with E-state index in [4.69, 9.17) is 4.74 Å². The minimum atomic E-state index is -2.81. The van der Waals surface area contributed by atoms with E-state index in [-0.39, 0.29) is 11.8 Å². The molecule has 5 heteroatoms. The molecule has 2 aromatic carbocycles. The predicted molar refractivity (Wildman–Crippen MR) is 81.3 cm³/mol. The first kappa shape index (κ1) is 16.2. The topological polar surface area (TPSA) is 30.5 Å². The summed E-state index contributed by atoms with van der Waals surface area (Å²) in [4.78, 5) is 0. The molecular weight excluding hydrogens is 288 g/mol. The molecule has 0 radical (unpaired) electrons. The number of rotatable bonds is 7. The van der Waals surface area contributed by atoms with Crippen LogP contribution in [0, 0.1) is 0 Å². The highest BCUT2D eigenvalue weighted by Gasteiger charge is 2.10. The SMILES string of the molecule is COc1ccccc1CNC(C)c1cccc(OC(F)F)c1. The van der Waals surface area contributed by atoms with Gasteiger partial charge in [-0.3, -0.25) is 0 Å². The molecule has 0 saturated heterocycles. The summed E-state index contributed by atoms with van der Waals surface area (Å²) >= 11 is 0. The summed E-state index contributed by atoms with van der Waals surface area (Å²) in [6.07, 6.45) is 0. The highest BCUT2D eigenvalue weighted by atomic mass is 19.3. The number of hydrogen-bond acceptors (Lipinski definition) is 3. The van der Waals surface area contributed by atoms with Gasteiger partial charge in [-0.05, 0) is 30.7 Å². The Kier molecular flexibility index (Phi) is 5.72.